The molecule has 0 aliphatic carbocycles. The van der Waals surface area contributed by atoms with Crippen molar-refractivity contribution in [3.63, 3.8) is 0 Å². The summed E-state index contributed by atoms with van der Waals surface area (Å²) in [5.74, 6) is -2.20. The molecule has 0 bridgehead atoms. The molecule has 0 spiro atoms. The molecule has 2 amide bonds. The van der Waals surface area contributed by atoms with Crippen LogP contribution in [0.15, 0.2) is 47.4 Å². The van der Waals surface area contributed by atoms with Crippen LogP contribution >= 0.6 is 11.6 Å². The number of ether oxygens (including phenoxy) is 1. The van der Waals surface area contributed by atoms with Crippen molar-refractivity contribution in [1.29, 1.82) is 0 Å². The normalized spacial score (nSPS) is 12.3. The highest BCUT2D eigenvalue weighted by Gasteiger charge is 2.24. The van der Waals surface area contributed by atoms with Gasteiger partial charge in [0.05, 0.1) is 15.5 Å². The van der Waals surface area contributed by atoms with E-state index in [9.17, 15) is 22.8 Å². The molecule has 0 fully saturated rings. The maximum absolute atomic E-state index is 12.5. The van der Waals surface area contributed by atoms with Crippen molar-refractivity contribution in [3.8, 4) is 0 Å². The van der Waals surface area contributed by atoms with E-state index in [1.54, 1.807) is 0 Å². The van der Waals surface area contributed by atoms with Gasteiger partial charge in [-0.25, -0.2) is 17.5 Å². The van der Waals surface area contributed by atoms with Gasteiger partial charge in [-0.2, -0.15) is 0 Å². The van der Waals surface area contributed by atoms with Crippen molar-refractivity contribution in [2.45, 2.75) is 17.9 Å². The summed E-state index contributed by atoms with van der Waals surface area (Å²) in [6.07, 6.45) is -1.21. The Morgan fingerprint density at radius 3 is 2.23 bits per heavy atom. The Labute approximate surface area is 178 Å². The zero-order valence-corrected chi connectivity index (χ0v) is 18.0. The average molecular weight is 454 g/mol. The minimum Gasteiger partial charge on any atom is -0.449 e. The summed E-state index contributed by atoms with van der Waals surface area (Å²) < 4.78 is 30.6. The summed E-state index contributed by atoms with van der Waals surface area (Å²) in [6, 6.07) is 9.43. The van der Waals surface area contributed by atoms with E-state index in [0.717, 1.165) is 10.4 Å². The lowest BCUT2D eigenvalue weighted by atomic mass is 10.2. The first-order chi connectivity index (χ1) is 13.9. The SMILES string of the molecule is C[C@H](OC(=O)c1cc(S(=O)(=O)N(C)C)ccc1Cl)C(=O)Nc1ccc(C(N)=O)cc1. The van der Waals surface area contributed by atoms with Crippen molar-refractivity contribution in [1.82, 2.24) is 4.31 Å². The van der Waals surface area contributed by atoms with Crippen LogP contribution in [0, 0.1) is 0 Å². The molecule has 0 aliphatic heterocycles. The Kier molecular flexibility index (Phi) is 7.19. The number of nitrogens with zero attached hydrogens (tertiary/aromatic N) is 1. The van der Waals surface area contributed by atoms with E-state index < -0.39 is 33.9 Å². The van der Waals surface area contributed by atoms with Gasteiger partial charge >= 0.3 is 5.97 Å². The summed E-state index contributed by atoms with van der Waals surface area (Å²) in [5, 5.41) is 2.51. The summed E-state index contributed by atoms with van der Waals surface area (Å²) >= 11 is 6.01. The lowest BCUT2D eigenvalue weighted by molar-refractivity contribution is -0.123. The number of halogens is 1. The molecule has 2 aromatic carbocycles. The number of nitrogens with two attached hydrogens (primary N) is 1. The van der Waals surface area contributed by atoms with Gasteiger partial charge < -0.3 is 15.8 Å². The molecular formula is C19H20ClN3O6S. The van der Waals surface area contributed by atoms with Crippen LogP contribution in [0.2, 0.25) is 5.02 Å². The lowest BCUT2D eigenvalue weighted by Crippen LogP contribution is -2.30. The van der Waals surface area contributed by atoms with E-state index in [4.69, 9.17) is 22.1 Å². The van der Waals surface area contributed by atoms with E-state index in [2.05, 4.69) is 5.32 Å². The molecule has 160 valence electrons. The Balaban J connectivity index is 2.13. The van der Waals surface area contributed by atoms with Gasteiger partial charge in [0, 0.05) is 25.3 Å². The molecular weight excluding hydrogens is 434 g/mol. The number of rotatable bonds is 7. The minimum absolute atomic E-state index is 0.0210. The molecule has 0 heterocycles. The second kappa shape index (κ2) is 9.24. The highest BCUT2D eigenvalue weighted by Crippen LogP contribution is 2.23. The first-order valence-electron chi connectivity index (χ1n) is 8.57. The summed E-state index contributed by atoms with van der Waals surface area (Å²) in [7, 11) is -1.09. The average Bonchev–Trinajstić information content (AvgIpc) is 2.68. The Morgan fingerprint density at radius 1 is 1.10 bits per heavy atom. The molecule has 0 unspecified atom stereocenters. The maximum Gasteiger partial charge on any atom is 0.340 e. The van der Waals surface area contributed by atoms with Crippen LogP contribution in [-0.2, 0) is 19.6 Å². The zero-order valence-electron chi connectivity index (χ0n) is 16.4. The van der Waals surface area contributed by atoms with Crippen LogP contribution in [0.3, 0.4) is 0 Å². The smallest absolute Gasteiger partial charge is 0.340 e. The van der Waals surface area contributed by atoms with E-state index in [1.807, 2.05) is 0 Å². The molecule has 2 rings (SSSR count). The van der Waals surface area contributed by atoms with Gasteiger partial charge in [-0.15, -0.1) is 0 Å². The molecule has 0 saturated heterocycles. The Bertz CT molecular complexity index is 1080. The number of nitrogens with one attached hydrogen (secondary N) is 1. The Hall–Kier alpha value is -2.95. The largest absolute Gasteiger partial charge is 0.449 e. The fourth-order valence-electron chi connectivity index (χ4n) is 2.27. The van der Waals surface area contributed by atoms with E-state index in [1.165, 1.54) is 57.4 Å². The number of carbonyl (C=O) groups is 3. The standard InChI is InChI=1S/C19H20ClN3O6S/c1-11(18(25)22-13-6-4-12(5-7-13)17(21)24)29-19(26)15-10-14(8-9-16(15)20)30(27,28)23(2)3/h4-11H,1-3H3,(H2,21,24)(H,22,25)/t11-/m0/s1. The monoisotopic (exact) mass is 453 g/mol. The van der Waals surface area contributed by atoms with Crippen molar-refractivity contribution in [2.24, 2.45) is 5.73 Å². The summed E-state index contributed by atoms with van der Waals surface area (Å²) in [6.45, 7) is 1.35. The highest BCUT2D eigenvalue weighted by atomic mass is 35.5. The van der Waals surface area contributed by atoms with Crippen LogP contribution < -0.4 is 11.1 Å². The first kappa shape index (κ1) is 23.3. The van der Waals surface area contributed by atoms with Gasteiger partial charge in [-0.3, -0.25) is 9.59 Å². The molecule has 11 heteroatoms. The zero-order chi connectivity index (χ0) is 22.6. The third-order valence-electron chi connectivity index (χ3n) is 4.03. The number of anilines is 1. The van der Waals surface area contributed by atoms with Gasteiger partial charge in [-0.05, 0) is 49.4 Å². The number of hydrogen-bond acceptors (Lipinski definition) is 6. The van der Waals surface area contributed by atoms with Crippen LogP contribution in [0.4, 0.5) is 5.69 Å². The predicted molar refractivity (Wildman–Crippen MR) is 111 cm³/mol. The van der Waals surface area contributed by atoms with Crippen molar-refractivity contribution >= 4 is 45.1 Å². The molecule has 9 nitrogen and oxygen atoms in total. The fourth-order valence-corrected chi connectivity index (χ4v) is 3.39. The molecule has 1 atom stereocenters. The quantitative estimate of drug-likeness (QED) is 0.614. The number of amides is 2. The molecule has 0 saturated carbocycles. The second-order valence-electron chi connectivity index (χ2n) is 6.41. The van der Waals surface area contributed by atoms with E-state index in [0.29, 0.717) is 5.69 Å². The van der Waals surface area contributed by atoms with Gasteiger partial charge in [-0.1, -0.05) is 11.6 Å². The highest BCUT2D eigenvalue weighted by molar-refractivity contribution is 7.89. The van der Waals surface area contributed by atoms with Crippen LogP contribution in [-0.4, -0.2) is 50.7 Å². The molecule has 0 aliphatic rings. The van der Waals surface area contributed by atoms with Crippen molar-refractivity contribution in [2.75, 3.05) is 19.4 Å². The summed E-state index contributed by atoms with van der Waals surface area (Å²) in [4.78, 5) is 35.7. The van der Waals surface area contributed by atoms with Crippen molar-refractivity contribution in [3.05, 3.63) is 58.6 Å². The summed E-state index contributed by atoms with van der Waals surface area (Å²) in [5.41, 5.74) is 5.60. The number of carbonyl (C=O) groups excluding carboxylic acids is 3. The number of primary amides is 1. The van der Waals surface area contributed by atoms with E-state index >= 15 is 0 Å². The predicted octanol–water partition coefficient (Wildman–Crippen LogP) is 1.87. The maximum atomic E-state index is 12.5. The number of benzene rings is 2. The second-order valence-corrected chi connectivity index (χ2v) is 8.97. The molecule has 3 N–H and O–H groups in total. The number of sulfonamides is 1. The van der Waals surface area contributed by atoms with Gasteiger partial charge in [0.25, 0.3) is 5.91 Å². The topological polar surface area (TPSA) is 136 Å². The van der Waals surface area contributed by atoms with Crippen LogP contribution in [0.5, 0.6) is 0 Å². The molecule has 0 aromatic heterocycles. The van der Waals surface area contributed by atoms with Crippen molar-refractivity contribution < 1.29 is 27.5 Å². The van der Waals surface area contributed by atoms with Gasteiger partial charge in [0.2, 0.25) is 15.9 Å². The van der Waals surface area contributed by atoms with Crippen LogP contribution in [0.25, 0.3) is 0 Å². The van der Waals surface area contributed by atoms with Crippen LogP contribution in [0.1, 0.15) is 27.6 Å². The minimum atomic E-state index is -3.79. The van der Waals surface area contributed by atoms with E-state index in [-0.39, 0.29) is 21.0 Å². The van der Waals surface area contributed by atoms with Gasteiger partial charge in [0.1, 0.15) is 0 Å². The fraction of sp³-hybridized carbons (Fsp3) is 0.211. The Morgan fingerprint density at radius 2 is 1.70 bits per heavy atom. The molecule has 0 radical (unpaired) electrons. The first-order valence-corrected chi connectivity index (χ1v) is 10.4. The number of esters is 1. The third-order valence-corrected chi connectivity index (χ3v) is 6.17. The molecule has 2 aromatic rings. The molecule has 30 heavy (non-hydrogen) atoms. The lowest BCUT2D eigenvalue weighted by Gasteiger charge is -2.16. The number of hydrogen-bond donors (Lipinski definition) is 2. The third kappa shape index (κ3) is 5.35. The van der Waals surface area contributed by atoms with Gasteiger partial charge in [0.15, 0.2) is 6.10 Å².